The molecule has 2 aromatic carbocycles. The van der Waals surface area contributed by atoms with Crippen molar-refractivity contribution in [2.24, 2.45) is 5.73 Å². The summed E-state index contributed by atoms with van der Waals surface area (Å²) in [5.74, 6) is 0.251. The van der Waals surface area contributed by atoms with Crippen LogP contribution in [0.25, 0.3) is 21.5 Å². The summed E-state index contributed by atoms with van der Waals surface area (Å²) in [4.78, 5) is 18.1. The van der Waals surface area contributed by atoms with Crippen molar-refractivity contribution in [2.45, 2.75) is 51.2 Å². The number of hydrogen-bond acceptors (Lipinski definition) is 7. The highest BCUT2D eigenvalue weighted by molar-refractivity contribution is 7.22. The number of rotatable bonds is 7. The predicted molar refractivity (Wildman–Crippen MR) is 137 cm³/mol. The van der Waals surface area contributed by atoms with Crippen LogP contribution in [-0.2, 0) is 11.3 Å². The van der Waals surface area contributed by atoms with Crippen molar-refractivity contribution in [1.29, 1.82) is 0 Å². The van der Waals surface area contributed by atoms with E-state index in [1.54, 1.807) is 6.07 Å². The Morgan fingerprint density at radius 2 is 2.00 bits per heavy atom. The van der Waals surface area contributed by atoms with Crippen LogP contribution in [-0.4, -0.2) is 35.2 Å². The number of thiazole rings is 1. The van der Waals surface area contributed by atoms with Crippen LogP contribution < -0.4 is 10.6 Å². The zero-order valence-corrected chi connectivity index (χ0v) is 20.8. The number of fused-ring (bicyclic) bond motifs is 1. The minimum Gasteiger partial charge on any atom is -0.373 e. The van der Waals surface area contributed by atoms with Gasteiger partial charge in [0.2, 0.25) is 5.91 Å². The number of primary amides is 1. The lowest BCUT2D eigenvalue weighted by atomic mass is 10.0. The molecule has 2 aliphatic rings. The van der Waals surface area contributed by atoms with E-state index in [2.05, 4.69) is 34.1 Å². The van der Waals surface area contributed by atoms with Crippen molar-refractivity contribution < 1.29 is 18.4 Å². The first-order valence-electron chi connectivity index (χ1n) is 12.3. The third-order valence-corrected chi connectivity index (χ3v) is 8.13. The topological polar surface area (TPSA) is 94.5 Å². The first-order valence-corrected chi connectivity index (χ1v) is 13.1. The number of aromatic nitrogens is 2. The fourth-order valence-electron chi connectivity index (χ4n) is 4.85. The summed E-state index contributed by atoms with van der Waals surface area (Å²) in [6, 6.07) is 11.0. The number of aryl methyl sites for hydroxylation is 1. The van der Waals surface area contributed by atoms with Crippen molar-refractivity contribution in [2.75, 3.05) is 18.0 Å². The summed E-state index contributed by atoms with van der Waals surface area (Å²) in [6.07, 6.45) is 4.07. The van der Waals surface area contributed by atoms with Gasteiger partial charge < -0.3 is 19.9 Å². The van der Waals surface area contributed by atoms with Gasteiger partial charge in [0.1, 0.15) is 17.0 Å². The van der Waals surface area contributed by atoms with Gasteiger partial charge in [-0.25, -0.2) is 9.37 Å². The highest BCUT2D eigenvalue weighted by Crippen LogP contribution is 2.44. The van der Waals surface area contributed by atoms with E-state index in [0.717, 1.165) is 78.1 Å². The van der Waals surface area contributed by atoms with Gasteiger partial charge in [0.15, 0.2) is 10.9 Å². The van der Waals surface area contributed by atoms with Gasteiger partial charge in [-0.1, -0.05) is 40.8 Å². The smallest absolute Gasteiger partial charge is 0.248 e. The van der Waals surface area contributed by atoms with Crippen LogP contribution in [0.3, 0.4) is 0 Å². The summed E-state index contributed by atoms with van der Waals surface area (Å²) < 4.78 is 27.3. The van der Waals surface area contributed by atoms with Crippen LogP contribution in [0.2, 0.25) is 0 Å². The lowest BCUT2D eigenvalue weighted by Gasteiger charge is -2.31. The minimum atomic E-state index is -0.646. The van der Waals surface area contributed by atoms with Crippen LogP contribution in [0.5, 0.6) is 0 Å². The Bertz CT molecular complexity index is 1440. The SMILES string of the molecule is Cc1ccccc1-c1noc(C2CC2)c1COC1CCN(c2nc3c(F)cc(C(N)=O)cc3s2)CC1. The number of hydrogen-bond donors (Lipinski definition) is 1. The Hall–Kier alpha value is -3.30. The molecular weight excluding hydrogens is 479 g/mol. The second-order valence-electron chi connectivity index (χ2n) is 9.63. The average Bonchev–Trinajstić information content (AvgIpc) is 3.48. The molecule has 1 saturated carbocycles. The van der Waals surface area contributed by atoms with Gasteiger partial charge in [-0.15, -0.1) is 0 Å². The lowest BCUT2D eigenvalue weighted by molar-refractivity contribution is 0.0246. The second-order valence-corrected chi connectivity index (χ2v) is 10.6. The molecule has 7 nitrogen and oxygen atoms in total. The number of anilines is 1. The Balaban J connectivity index is 1.14. The molecule has 0 atom stereocenters. The first kappa shape index (κ1) is 23.1. The second kappa shape index (κ2) is 9.29. The van der Waals surface area contributed by atoms with Crippen molar-refractivity contribution in [1.82, 2.24) is 10.1 Å². The number of ether oxygens (including phenoxy) is 1. The Labute approximate surface area is 212 Å². The molecule has 1 aliphatic heterocycles. The number of carbonyl (C=O) groups excluding carboxylic acids is 1. The number of amides is 1. The molecule has 4 aromatic rings. The monoisotopic (exact) mass is 506 g/mol. The fourth-order valence-corrected chi connectivity index (χ4v) is 5.92. The molecule has 36 heavy (non-hydrogen) atoms. The zero-order valence-electron chi connectivity index (χ0n) is 20.0. The lowest BCUT2D eigenvalue weighted by Crippen LogP contribution is -2.37. The third-order valence-electron chi connectivity index (χ3n) is 7.06. The number of nitrogens with zero attached hydrogens (tertiary/aromatic N) is 3. The van der Waals surface area contributed by atoms with E-state index in [1.807, 2.05) is 12.1 Å². The molecule has 1 saturated heterocycles. The zero-order chi connectivity index (χ0) is 24.8. The van der Waals surface area contributed by atoms with E-state index in [0.29, 0.717) is 17.2 Å². The maximum atomic E-state index is 14.4. The molecule has 9 heteroatoms. The normalized spacial score (nSPS) is 16.7. The van der Waals surface area contributed by atoms with E-state index in [9.17, 15) is 9.18 Å². The largest absolute Gasteiger partial charge is 0.373 e. The van der Waals surface area contributed by atoms with Crippen LogP contribution in [0, 0.1) is 12.7 Å². The standard InChI is InChI=1S/C27H27FN4O3S/c1-15-4-2-3-5-19(15)23-20(25(35-31-23)16-6-7-16)14-34-18-8-10-32(11-9-18)27-30-24-21(28)12-17(26(29)33)13-22(24)36-27/h2-5,12-13,16,18H,6-11,14H2,1H3,(H2,29,33). The molecule has 0 spiro atoms. The number of piperidine rings is 1. The molecule has 2 fully saturated rings. The molecule has 186 valence electrons. The van der Waals surface area contributed by atoms with E-state index in [-0.39, 0.29) is 17.2 Å². The van der Waals surface area contributed by atoms with Gasteiger partial charge in [-0.05, 0) is 50.3 Å². The van der Waals surface area contributed by atoms with E-state index in [1.165, 1.54) is 11.3 Å². The van der Waals surface area contributed by atoms with Crippen LogP contribution in [0.1, 0.15) is 58.8 Å². The molecular formula is C27H27FN4O3S. The summed E-state index contributed by atoms with van der Waals surface area (Å²) in [5.41, 5.74) is 9.97. The van der Waals surface area contributed by atoms with Gasteiger partial charge in [-0.3, -0.25) is 4.79 Å². The third kappa shape index (κ3) is 4.37. The molecule has 1 aliphatic carbocycles. The van der Waals surface area contributed by atoms with Crippen molar-refractivity contribution in [3.05, 3.63) is 64.7 Å². The molecule has 2 aromatic heterocycles. The number of nitrogens with two attached hydrogens (primary N) is 1. The van der Waals surface area contributed by atoms with Gasteiger partial charge >= 0.3 is 0 Å². The summed E-state index contributed by atoms with van der Waals surface area (Å²) in [7, 11) is 0. The highest BCUT2D eigenvalue weighted by Gasteiger charge is 2.33. The molecule has 6 rings (SSSR count). The number of halogens is 1. The Morgan fingerprint density at radius 3 is 2.72 bits per heavy atom. The van der Waals surface area contributed by atoms with E-state index >= 15 is 0 Å². The van der Waals surface area contributed by atoms with E-state index < -0.39 is 11.7 Å². The van der Waals surface area contributed by atoms with Crippen molar-refractivity contribution in [3.63, 3.8) is 0 Å². The van der Waals surface area contributed by atoms with Gasteiger partial charge in [0.05, 0.1) is 17.4 Å². The highest BCUT2D eigenvalue weighted by atomic mass is 32.1. The number of carbonyl (C=O) groups is 1. The van der Waals surface area contributed by atoms with Gasteiger partial charge in [0, 0.05) is 35.7 Å². The van der Waals surface area contributed by atoms with Crippen LogP contribution >= 0.6 is 11.3 Å². The Morgan fingerprint density at radius 1 is 1.22 bits per heavy atom. The Kier molecular flexibility index (Phi) is 5.97. The van der Waals surface area contributed by atoms with Crippen molar-refractivity contribution in [3.8, 4) is 11.3 Å². The quantitative estimate of drug-likeness (QED) is 0.353. The fraction of sp³-hybridized carbons (Fsp3) is 0.370. The minimum absolute atomic E-state index is 0.112. The van der Waals surface area contributed by atoms with Crippen LogP contribution in [0.4, 0.5) is 9.52 Å². The summed E-state index contributed by atoms with van der Waals surface area (Å²) in [5, 5.41) is 5.19. The predicted octanol–water partition coefficient (Wildman–Crippen LogP) is 5.56. The molecule has 0 radical (unpaired) electrons. The first-order chi connectivity index (χ1) is 17.5. The maximum absolute atomic E-state index is 14.4. The van der Waals surface area contributed by atoms with Gasteiger partial charge in [-0.2, -0.15) is 0 Å². The maximum Gasteiger partial charge on any atom is 0.248 e. The van der Waals surface area contributed by atoms with E-state index in [4.69, 9.17) is 15.0 Å². The van der Waals surface area contributed by atoms with Gasteiger partial charge in [0.25, 0.3) is 0 Å². The van der Waals surface area contributed by atoms with Crippen molar-refractivity contribution >= 4 is 32.6 Å². The molecule has 0 bridgehead atoms. The summed E-state index contributed by atoms with van der Waals surface area (Å²) in [6.45, 7) is 4.09. The number of benzene rings is 2. The average molecular weight is 507 g/mol. The molecule has 0 unspecified atom stereocenters. The van der Waals surface area contributed by atoms with Crippen LogP contribution in [0.15, 0.2) is 40.9 Å². The summed E-state index contributed by atoms with van der Waals surface area (Å²) >= 11 is 1.38. The molecule has 3 heterocycles. The molecule has 1 amide bonds. The molecule has 2 N–H and O–H groups in total.